The minimum absolute atomic E-state index is 0.532. The molecule has 0 saturated heterocycles. The summed E-state index contributed by atoms with van der Waals surface area (Å²) in [5.74, 6) is 0.696. The number of allylic oxidation sites excluding steroid dienone is 1. The predicted molar refractivity (Wildman–Crippen MR) is 59.2 cm³/mol. The van der Waals surface area contributed by atoms with Gasteiger partial charge in [-0.1, -0.05) is 6.08 Å². The number of hydrogen-bond acceptors (Lipinski definition) is 4. The van der Waals surface area contributed by atoms with Crippen LogP contribution in [0.2, 0.25) is 0 Å². The largest absolute Gasteiger partial charge is 0.495 e. The first-order chi connectivity index (χ1) is 7.26. The summed E-state index contributed by atoms with van der Waals surface area (Å²) >= 11 is 0. The lowest BCUT2D eigenvalue weighted by atomic mass is 9.89. The first-order valence-corrected chi connectivity index (χ1v) is 4.71. The minimum Gasteiger partial charge on any atom is -0.495 e. The van der Waals surface area contributed by atoms with Crippen LogP contribution in [0.1, 0.15) is 5.56 Å². The maximum atomic E-state index is 6.25. The highest BCUT2D eigenvalue weighted by atomic mass is 16.5. The maximum Gasteiger partial charge on any atom is 0.142 e. The SMILES string of the molecule is COc1cnccc1C1(N)C=CC=NC1. The molecule has 1 aliphatic heterocycles. The van der Waals surface area contributed by atoms with Gasteiger partial charge in [-0.05, 0) is 12.1 Å². The van der Waals surface area contributed by atoms with Crippen molar-refractivity contribution in [2.24, 2.45) is 10.7 Å². The fourth-order valence-corrected chi connectivity index (χ4v) is 1.63. The van der Waals surface area contributed by atoms with Gasteiger partial charge in [-0.2, -0.15) is 0 Å². The maximum absolute atomic E-state index is 6.25. The van der Waals surface area contributed by atoms with E-state index in [4.69, 9.17) is 10.5 Å². The Hall–Kier alpha value is -1.68. The molecule has 15 heavy (non-hydrogen) atoms. The topological polar surface area (TPSA) is 60.5 Å². The van der Waals surface area contributed by atoms with E-state index in [1.807, 2.05) is 18.2 Å². The van der Waals surface area contributed by atoms with Crippen LogP contribution in [0.4, 0.5) is 0 Å². The van der Waals surface area contributed by atoms with E-state index in [0.29, 0.717) is 12.3 Å². The normalized spacial score (nSPS) is 24.1. The molecule has 1 atom stereocenters. The van der Waals surface area contributed by atoms with Crippen LogP contribution in [-0.4, -0.2) is 24.9 Å². The molecule has 1 aromatic heterocycles. The predicted octanol–water partition coefficient (Wildman–Crippen LogP) is 0.885. The van der Waals surface area contributed by atoms with Crippen molar-refractivity contribution < 1.29 is 4.74 Å². The molecule has 4 heteroatoms. The Morgan fingerprint density at radius 1 is 1.53 bits per heavy atom. The lowest BCUT2D eigenvalue weighted by Gasteiger charge is -2.27. The third-order valence-electron chi connectivity index (χ3n) is 2.44. The van der Waals surface area contributed by atoms with Gasteiger partial charge in [-0.15, -0.1) is 0 Å². The Morgan fingerprint density at radius 2 is 2.40 bits per heavy atom. The summed E-state index contributed by atoms with van der Waals surface area (Å²) in [5.41, 5.74) is 6.58. The summed E-state index contributed by atoms with van der Waals surface area (Å²) < 4.78 is 5.24. The number of rotatable bonds is 2. The molecular formula is C11H13N3O. The van der Waals surface area contributed by atoms with Gasteiger partial charge >= 0.3 is 0 Å². The molecule has 0 bridgehead atoms. The fourth-order valence-electron chi connectivity index (χ4n) is 1.63. The zero-order valence-electron chi connectivity index (χ0n) is 8.55. The number of dihydropyridines is 1. The molecule has 0 radical (unpaired) electrons. The van der Waals surface area contributed by atoms with Crippen molar-refractivity contribution in [1.29, 1.82) is 0 Å². The van der Waals surface area contributed by atoms with E-state index in [-0.39, 0.29) is 0 Å². The van der Waals surface area contributed by atoms with E-state index in [2.05, 4.69) is 9.98 Å². The van der Waals surface area contributed by atoms with E-state index in [0.717, 1.165) is 5.56 Å². The molecule has 0 aromatic carbocycles. The number of methoxy groups -OCH3 is 1. The molecule has 0 saturated carbocycles. The van der Waals surface area contributed by atoms with Crippen molar-refractivity contribution in [1.82, 2.24) is 4.98 Å². The van der Waals surface area contributed by atoms with E-state index in [1.165, 1.54) is 0 Å². The van der Waals surface area contributed by atoms with Gasteiger partial charge in [0.2, 0.25) is 0 Å². The molecule has 1 aromatic rings. The van der Waals surface area contributed by atoms with Crippen molar-refractivity contribution in [3.05, 3.63) is 36.2 Å². The summed E-state index contributed by atoms with van der Waals surface area (Å²) in [5, 5.41) is 0. The lowest BCUT2D eigenvalue weighted by molar-refractivity contribution is 0.395. The van der Waals surface area contributed by atoms with Gasteiger partial charge in [-0.25, -0.2) is 0 Å². The summed E-state index contributed by atoms with van der Waals surface area (Å²) in [6.45, 7) is 0.532. The molecule has 0 amide bonds. The minimum atomic E-state index is -0.580. The number of nitrogens with zero attached hydrogens (tertiary/aromatic N) is 2. The Morgan fingerprint density at radius 3 is 3.07 bits per heavy atom. The van der Waals surface area contributed by atoms with Crippen molar-refractivity contribution >= 4 is 6.21 Å². The van der Waals surface area contributed by atoms with Crippen LogP contribution in [0.3, 0.4) is 0 Å². The Bertz CT molecular complexity index is 414. The quantitative estimate of drug-likeness (QED) is 0.776. The molecule has 2 N–H and O–H groups in total. The zero-order valence-corrected chi connectivity index (χ0v) is 8.55. The smallest absolute Gasteiger partial charge is 0.142 e. The highest BCUT2D eigenvalue weighted by Crippen LogP contribution is 2.29. The van der Waals surface area contributed by atoms with Crippen LogP contribution in [0.15, 0.2) is 35.6 Å². The number of aromatic nitrogens is 1. The van der Waals surface area contributed by atoms with Crippen LogP contribution in [0.25, 0.3) is 0 Å². The first-order valence-electron chi connectivity index (χ1n) is 4.71. The highest BCUT2D eigenvalue weighted by molar-refractivity contribution is 5.73. The van der Waals surface area contributed by atoms with Gasteiger partial charge in [-0.3, -0.25) is 9.98 Å². The van der Waals surface area contributed by atoms with Crippen LogP contribution >= 0.6 is 0 Å². The van der Waals surface area contributed by atoms with Gasteiger partial charge in [0.15, 0.2) is 0 Å². The zero-order chi connectivity index (χ0) is 10.7. The van der Waals surface area contributed by atoms with Crippen LogP contribution in [0, 0.1) is 0 Å². The molecule has 4 nitrogen and oxygen atoms in total. The number of aliphatic imine (C=N–C) groups is 1. The van der Waals surface area contributed by atoms with Crippen molar-refractivity contribution in [3.8, 4) is 5.75 Å². The van der Waals surface area contributed by atoms with Crippen LogP contribution in [-0.2, 0) is 5.54 Å². The second-order valence-electron chi connectivity index (χ2n) is 3.47. The van der Waals surface area contributed by atoms with Crippen molar-refractivity contribution in [2.45, 2.75) is 5.54 Å². The number of nitrogens with two attached hydrogens (primary N) is 1. The molecule has 0 fully saturated rings. The molecule has 2 rings (SSSR count). The number of ether oxygens (including phenoxy) is 1. The van der Waals surface area contributed by atoms with Crippen molar-refractivity contribution in [3.63, 3.8) is 0 Å². The second kappa shape index (κ2) is 3.82. The second-order valence-corrected chi connectivity index (χ2v) is 3.47. The number of hydrogen-bond donors (Lipinski definition) is 1. The summed E-state index contributed by atoms with van der Waals surface area (Å²) in [6.07, 6.45) is 8.90. The molecule has 78 valence electrons. The van der Waals surface area contributed by atoms with Crippen LogP contribution < -0.4 is 10.5 Å². The third kappa shape index (κ3) is 1.76. The first kappa shape index (κ1) is 9.86. The molecule has 0 spiro atoms. The summed E-state index contributed by atoms with van der Waals surface area (Å²) in [6, 6.07) is 1.87. The molecule has 2 heterocycles. The Kier molecular flexibility index (Phi) is 2.51. The average molecular weight is 203 g/mol. The standard InChI is InChI=1S/C11H13N3O/c1-15-10-7-13-6-3-9(10)11(12)4-2-5-14-8-11/h2-7H,8,12H2,1H3. The third-order valence-corrected chi connectivity index (χ3v) is 2.44. The average Bonchev–Trinajstić information content (AvgIpc) is 2.30. The van der Waals surface area contributed by atoms with Crippen molar-refractivity contribution in [2.75, 3.05) is 13.7 Å². The lowest BCUT2D eigenvalue weighted by Crippen LogP contribution is -2.39. The fraction of sp³-hybridized carbons (Fsp3) is 0.273. The van der Waals surface area contributed by atoms with Gasteiger partial charge < -0.3 is 10.5 Å². The Labute approximate surface area is 88.5 Å². The van der Waals surface area contributed by atoms with E-state index >= 15 is 0 Å². The molecule has 1 aliphatic rings. The van der Waals surface area contributed by atoms with E-state index in [1.54, 1.807) is 25.7 Å². The molecular weight excluding hydrogens is 190 g/mol. The van der Waals surface area contributed by atoms with E-state index in [9.17, 15) is 0 Å². The van der Waals surface area contributed by atoms with E-state index < -0.39 is 5.54 Å². The monoisotopic (exact) mass is 203 g/mol. The van der Waals surface area contributed by atoms with Gasteiger partial charge in [0.1, 0.15) is 5.75 Å². The molecule has 1 unspecified atom stereocenters. The molecule has 0 aliphatic carbocycles. The van der Waals surface area contributed by atoms with Gasteiger partial charge in [0.05, 0.1) is 25.4 Å². The summed E-state index contributed by atoms with van der Waals surface area (Å²) in [4.78, 5) is 8.17. The van der Waals surface area contributed by atoms with Crippen LogP contribution in [0.5, 0.6) is 5.75 Å². The number of pyridine rings is 1. The van der Waals surface area contributed by atoms with Gasteiger partial charge in [0, 0.05) is 18.0 Å². The Balaban J connectivity index is 2.44. The van der Waals surface area contributed by atoms with Gasteiger partial charge in [0.25, 0.3) is 0 Å². The highest BCUT2D eigenvalue weighted by Gasteiger charge is 2.28. The summed E-state index contributed by atoms with van der Waals surface area (Å²) in [7, 11) is 1.61.